The topological polar surface area (TPSA) is 43.8 Å². The first-order chi connectivity index (χ1) is 8.38. The van der Waals surface area contributed by atoms with E-state index < -0.39 is 12.6 Å². The van der Waals surface area contributed by atoms with Crippen LogP contribution in [0.4, 0.5) is 19.0 Å². The summed E-state index contributed by atoms with van der Waals surface area (Å²) in [5.41, 5.74) is 6.98. The predicted molar refractivity (Wildman–Crippen MR) is 62.8 cm³/mol. The number of aryl methyl sites for hydroxylation is 1. The largest absolute Gasteiger partial charge is 0.393 e. The molecule has 3 nitrogen and oxygen atoms in total. The second-order valence-electron chi connectivity index (χ2n) is 4.02. The van der Waals surface area contributed by atoms with Crippen LogP contribution in [-0.4, -0.2) is 16.0 Å². The van der Waals surface area contributed by atoms with E-state index in [4.69, 9.17) is 5.73 Å². The van der Waals surface area contributed by atoms with Gasteiger partial charge >= 0.3 is 6.18 Å². The third-order valence-corrected chi connectivity index (χ3v) is 2.68. The van der Waals surface area contributed by atoms with Crippen LogP contribution < -0.4 is 5.73 Å². The summed E-state index contributed by atoms with van der Waals surface area (Å²) >= 11 is 0. The third-order valence-electron chi connectivity index (χ3n) is 2.68. The zero-order chi connectivity index (χ0) is 13.3. The van der Waals surface area contributed by atoms with Gasteiger partial charge in [-0.1, -0.05) is 24.3 Å². The number of rotatable bonds is 2. The van der Waals surface area contributed by atoms with Crippen molar-refractivity contribution in [2.45, 2.75) is 12.6 Å². The first-order valence-corrected chi connectivity index (χ1v) is 5.31. The third kappa shape index (κ3) is 2.47. The van der Waals surface area contributed by atoms with Crippen LogP contribution in [0.2, 0.25) is 0 Å². The lowest BCUT2D eigenvalue weighted by atomic mass is 9.99. The van der Waals surface area contributed by atoms with Gasteiger partial charge in [0.25, 0.3) is 0 Å². The number of benzene rings is 1. The molecule has 0 amide bonds. The molecule has 0 saturated carbocycles. The number of hydrogen-bond donors (Lipinski definition) is 1. The minimum absolute atomic E-state index is 0.199. The van der Waals surface area contributed by atoms with Gasteiger partial charge in [-0.15, -0.1) is 0 Å². The van der Waals surface area contributed by atoms with Crippen LogP contribution in [0.3, 0.4) is 0 Å². The lowest BCUT2D eigenvalue weighted by Crippen LogP contribution is -2.12. The van der Waals surface area contributed by atoms with Crippen LogP contribution in [-0.2, 0) is 13.5 Å². The van der Waals surface area contributed by atoms with E-state index in [1.54, 1.807) is 25.2 Å². The number of anilines is 1. The molecule has 6 heteroatoms. The van der Waals surface area contributed by atoms with Gasteiger partial charge in [0.15, 0.2) is 0 Å². The number of nitrogen functional groups attached to an aromatic ring is 1. The van der Waals surface area contributed by atoms with E-state index in [-0.39, 0.29) is 5.56 Å². The first-order valence-electron chi connectivity index (χ1n) is 5.31. The van der Waals surface area contributed by atoms with Gasteiger partial charge in [-0.2, -0.15) is 18.3 Å². The number of nitrogens with zero attached hydrogens (tertiary/aromatic N) is 2. The maximum Gasteiger partial charge on any atom is 0.393 e. The smallest absolute Gasteiger partial charge is 0.383 e. The van der Waals surface area contributed by atoms with Crippen molar-refractivity contribution in [2.24, 2.45) is 7.05 Å². The Bertz CT molecular complexity index is 558. The van der Waals surface area contributed by atoms with Gasteiger partial charge in [-0.3, -0.25) is 4.68 Å². The Balaban J connectivity index is 2.48. The molecule has 0 atom stereocenters. The van der Waals surface area contributed by atoms with Crippen LogP contribution in [0.15, 0.2) is 30.5 Å². The van der Waals surface area contributed by atoms with Crippen LogP contribution >= 0.6 is 0 Å². The standard InChI is InChI=1S/C12H12F3N3/c1-18-11(16)10(7-17-18)9-5-3-2-4-8(9)6-12(13,14)15/h2-5,7H,6,16H2,1H3. The van der Waals surface area contributed by atoms with Crippen molar-refractivity contribution in [1.29, 1.82) is 0 Å². The molecule has 2 aromatic rings. The fourth-order valence-electron chi connectivity index (χ4n) is 1.81. The van der Waals surface area contributed by atoms with Crippen molar-refractivity contribution in [3.63, 3.8) is 0 Å². The molecular formula is C12H12F3N3. The Morgan fingerprint density at radius 3 is 2.44 bits per heavy atom. The molecule has 96 valence electrons. The molecule has 1 aromatic carbocycles. The Morgan fingerprint density at radius 2 is 1.89 bits per heavy atom. The monoisotopic (exact) mass is 255 g/mol. The second kappa shape index (κ2) is 4.36. The van der Waals surface area contributed by atoms with Gasteiger partial charge in [-0.05, 0) is 11.1 Å². The summed E-state index contributed by atoms with van der Waals surface area (Å²) in [6.07, 6.45) is -3.74. The SMILES string of the molecule is Cn1ncc(-c2ccccc2CC(F)(F)F)c1N. The van der Waals surface area contributed by atoms with Crippen LogP contribution in [0, 0.1) is 0 Å². The molecule has 0 spiro atoms. The molecule has 0 radical (unpaired) electrons. The van der Waals surface area contributed by atoms with E-state index in [1.807, 2.05) is 0 Å². The molecule has 1 aromatic heterocycles. The number of alkyl halides is 3. The maximum absolute atomic E-state index is 12.5. The Hall–Kier alpha value is -1.98. The molecule has 2 rings (SSSR count). The summed E-state index contributed by atoms with van der Waals surface area (Å²) in [5.74, 6) is 0.352. The summed E-state index contributed by atoms with van der Waals surface area (Å²) in [6.45, 7) is 0. The van der Waals surface area contributed by atoms with E-state index in [0.29, 0.717) is 16.9 Å². The van der Waals surface area contributed by atoms with E-state index in [2.05, 4.69) is 5.10 Å². The van der Waals surface area contributed by atoms with E-state index in [1.165, 1.54) is 16.9 Å². The molecule has 0 saturated heterocycles. The lowest BCUT2D eigenvalue weighted by Gasteiger charge is -2.11. The Labute approximate surface area is 102 Å². The Kier molecular flexibility index (Phi) is 3.02. The Morgan fingerprint density at radius 1 is 1.22 bits per heavy atom. The highest BCUT2D eigenvalue weighted by atomic mass is 19.4. The molecule has 0 unspecified atom stereocenters. The quantitative estimate of drug-likeness (QED) is 0.896. The van der Waals surface area contributed by atoms with Gasteiger partial charge in [0.05, 0.1) is 12.6 Å². The van der Waals surface area contributed by atoms with Crippen molar-refractivity contribution < 1.29 is 13.2 Å². The van der Waals surface area contributed by atoms with Crippen molar-refractivity contribution in [1.82, 2.24) is 9.78 Å². The van der Waals surface area contributed by atoms with Gasteiger partial charge in [-0.25, -0.2) is 0 Å². The predicted octanol–water partition coefficient (Wildman–Crippen LogP) is 2.77. The van der Waals surface area contributed by atoms with E-state index in [9.17, 15) is 13.2 Å². The summed E-state index contributed by atoms with van der Waals surface area (Å²) in [7, 11) is 1.64. The summed E-state index contributed by atoms with van der Waals surface area (Å²) in [6, 6.07) is 6.34. The van der Waals surface area contributed by atoms with E-state index in [0.717, 1.165) is 0 Å². The summed E-state index contributed by atoms with van der Waals surface area (Å²) in [4.78, 5) is 0. The van der Waals surface area contributed by atoms with Gasteiger partial charge in [0, 0.05) is 12.6 Å². The van der Waals surface area contributed by atoms with Gasteiger partial charge in [0.2, 0.25) is 0 Å². The summed E-state index contributed by atoms with van der Waals surface area (Å²) < 4.78 is 38.9. The molecule has 1 heterocycles. The molecule has 0 aliphatic heterocycles. The molecule has 0 bridgehead atoms. The van der Waals surface area contributed by atoms with Crippen molar-refractivity contribution in [3.8, 4) is 11.1 Å². The molecule has 0 fully saturated rings. The van der Waals surface area contributed by atoms with Crippen LogP contribution in [0.1, 0.15) is 5.56 Å². The number of halogens is 3. The first kappa shape index (κ1) is 12.5. The van der Waals surface area contributed by atoms with Gasteiger partial charge < -0.3 is 5.73 Å². The fourth-order valence-corrected chi connectivity index (χ4v) is 1.81. The minimum atomic E-state index is -4.24. The average Bonchev–Trinajstić information content (AvgIpc) is 2.59. The second-order valence-corrected chi connectivity index (χ2v) is 4.02. The zero-order valence-corrected chi connectivity index (χ0v) is 9.70. The zero-order valence-electron chi connectivity index (χ0n) is 9.70. The molecule has 2 N–H and O–H groups in total. The van der Waals surface area contributed by atoms with Crippen LogP contribution in [0.25, 0.3) is 11.1 Å². The number of hydrogen-bond acceptors (Lipinski definition) is 2. The number of nitrogens with two attached hydrogens (primary N) is 1. The highest BCUT2D eigenvalue weighted by molar-refractivity contribution is 5.76. The fraction of sp³-hybridized carbons (Fsp3) is 0.250. The average molecular weight is 255 g/mol. The highest BCUT2D eigenvalue weighted by Gasteiger charge is 2.29. The molecular weight excluding hydrogens is 243 g/mol. The minimum Gasteiger partial charge on any atom is -0.383 e. The van der Waals surface area contributed by atoms with E-state index >= 15 is 0 Å². The highest BCUT2D eigenvalue weighted by Crippen LogP contribution is 2.32. The number of aromatic nitrogens is 2. The molecule has 0 aliphatic rings. The maximum atomic E-state index is 12.5. The van der Waals surface area contributed by atoms with Crippen molar-refractivity contribution in [2.75, 3.05) is 5.73 Å². The van der Waals surface area contributed by atoms with Gasteiger partial charge in [0.1, 0.15) is 5.82 Å². The molecule has 0 aliphatic carbocycles. The van der Waals surface area contributed by atoms with Crippen molar-refractivity contribution in [3.05, 3.63) is 36.0 Å². The summed E-state index contributed by atoms with van der Waals surface area (Å²) in [5, 5.41) is 3.94. The van der Waals surface area contributed by atoms with Crippen molar-refractivity contribution >= 4 is 5.82 Å². The normalized spacial score (nSPS) is 11.8. The lowest BCUT2D eigenvalue weighted by molar-refractivity contribution is -0.127. The van der Waals surface area contributed by atoms with Crippen LogP contribution in [0.5, 0.6) is 0 Å². The molecule has 18 heavy (non-hydrogen) atoms.